The predicted molar refractivity (Wildman–Crippen MR) is 184 cm³/mol. The van der Waals surface area contributed by atoms with Crippen LogP contribution in [0.15, 0.2) is 97.6 Å². The van der Waals surface area contributed by atoms with E-state index < -0.39 is 0 Å². The molecule has 234 valence electrons. The Morgan fingerprint density at radius 2 is 0.913 bits per heavy atom. The van der Waals surface area contributed by atoms with E-state index in [1.165, 1.54) is 62.5 Å². The van der Waals surface area contributed by atoms with E-state index in [2.05, 4.69) is 93.0 Å². The molecule has 6 aromatic rings. The van der Waals surface area contributed by atoms with Crippen LogP contribution in [0.3, 0.4) is 0 Å². The van der Waals surface area contributed by atoms with E-state index in [0.717, 1.165) is 58.1 Å². The monoisotopic (exact) mass is 610 g/mol. The van der Waals surface area contributed by atoms with Crippen LogP contribution in [0, 0.1) is 0 Å². The van der Waals surface area contributed by atoms with Crippen molar-refractivity contribution in [3.8, 4) is 45.3 Å². The maximum absolute atomic E-state index is 4.61. The first kappa shape index (κ1) is 31.0. The second-order valence-corrected chi connectivity index (χ2v) is 11.9. The molecule has 0 atom stereocenters. The Morgan fingerprint density at radius 1 is 0.478 bits per heavy atom. The number of hydrogen-bond acceptors (Lipinski definition) is 6. The smallest absolute Gasteiger partial charge is 0.113 e. The van der Waals surface area contributed by atoms with E-state index >= 15 is 0 Å². The van der Waals surface area contributed by atoms with Crippen LogP contribution in [0.4, 0.5) is 0 Å². The molecular formula is C38H42N8. The third kappa shape index (κ3) is 7.80. The van der Waals surface area contributed by atoms with Crippen molar-refractivity contribution in [2.75, 3.05) is 0 Å². The highest BCUT2D eigenvalue weighted by Gasteiger charge is 2.12. The Kier molecular flexibility index (Phi) is 10.3. The van der Waals surface area contributed by atoms with Gasteiger partial charge >= 0.3 is 0 Å². The van der Waals surface area contributed by atoms with Crippen LogP contribution in [0.1, 0.15) is 76.3 Å². The molecule has 46 heavy (non-hydrogen) atoms. The summed E-state index contributed by atoms with van der Waals surface area (Å²) in [5, 5.41) is 17.7. The van der Waals surface area contributed by atoms with E-state index in [9.17, 15) is 0 Å². The molecule has 0 spiro atoms. The van der Waals surface area contributed by atoms with E-state index in [1.807, 2.05) is 46.0 Å². The SMILES string of the molecule is CCCCCCc1ccc(-n2cc(-c3ccnc(-c4cc(-c5cn(-c6ccc(CCCCCC)cc6)nn5)ccn4)c3)nn2)cc1. The van der Waals surface area contributed by atoms with E-state index in [0.29, 0.717) is 0 Å². The van der Waals surface area contributed by atoms with Crippen LogP contribution < -0.4 is 0 Å². The molecule has 0 bridgehead atoms. The van der Waals surface area contributed by atoms with Gasteiger partial charge in [0, 0.05) is 23.5 Å². The van der Waals surface area contributed by atoms with Crippen molar-refractivity contribution in [1.82, 2.24) is 40.0 Å². The molecule has 0 saturated carbocycles. The molecule has 0 aliphatic heterocycles. The zero-order valence-electron chi connectivity index (χ0n) is 26.9. The third-order valence-corrected chi connectivity index (χ3v) is 8.40. The Balaban J connectivity index is 1.13. The van der Waals surface area contributed by atoms with Crippen molar-refractivity contribution < 1.29 is 0 Å². The van der Waals surface area contributed by atoms with Crippen LogP contribution in [0.5, 0.6) is 0 Å². The summed E-state index contributed by atoms with van der Waals surface area (Å²) in [6.07, 6.45) is 19.9. The molecule has 0 N–H and O–H groups in total. The fourth-order valence-corrected chi connectivity index (χ4v) is 5.65. The third-order valence-electron chi connectivity index (χ3n) is 8.40. The summed E-state index contributed by atoms with van der Waals surface area (Å²) in [7, 11) is 0. The summed E-state index contributed by atoms with van der Waals surface area (Å²) in [5.74, 6) is 0. The number of hydrogen-bond donors (Lipinski definition) is 0. The summed E-state index contributed by atoms with van der Waals surface area (Å²) < 4.78 is 3.64. The second kappa shape index (κ2) is 15.3. The van der Waals surface area contributed by atoms with Crippen molar-refractivity contribution in [2.45, 2.75) is 78.1 Å². The molecule has 8 heteroatoms. The van der Waals surface area contributed by atoms with Gasteiger partial charge in [-0.3, -0.25) is 9.97 Å². The van der Waals surface area contributed by atoms with Crippen molar-refractivity contribution in [1.29, 1.82) is 0 Å². The van der Waals surface area contributed by atoms with Crippen molar-refractivity contribution in [3.63, 3.8) is 0 Å². The Bertz CT molecular complexity index is 1680. The summed E-state index contributed by atoms with van der Waals surface area (Å²) in [4.78, 5) is 9.23. The predicted octanol–water partition coefficient (Wildman–Crippen LogP) is 8.88. The lowest BCUT2D eigenvalue weighted by Gasteiger charge is -2.05. The molecule has 0 unspecified atom stereocenters. The number of aromatic nitrogens is 8. The molecule has 0 saturated heterocycles. The molecule has 0 radical (unpaired) electrons. The van der Waals surface area contributed by atoms with Crippen LogP contribution in [0.25, 0.3) is 45.3 Å². The molecule has 6 rings (SSSR count). The quantitative estimate of drug-likeness (QED) is 0.108. The largest absolute Gasteiger partial charge is 0.255 e. The van der Waals surface area contributed by atoms with Gasteiger partial charge in [-0.2, -0.15) is 0 Å². The number of aryl methyl sites for hydroxylation is 2. The minimum Gasteiger partial charge on any atom is -0.255 e. The minimum atomic E-state index is 0.753. The molecule has 4 aromatic heterocycles. The van der Waals surface area contributed by atoms with Crippen LogP contribution in [0.2, 0.25) is 0 Å². The van der Waals surface area contributed by atoms with Gasteiger partial charge in [-0.05, 0) is 85.3 Å². The molecule has 4 heterocycles. The normalized spacial score (nSPS) is 11.3. The lowest BCUT2D eigenvalue weighted by molar-refractivity contribution is 0.666. The highest BCUT2D eigenvalue weighted by molar-refractivity contribution is 5.70. The van der Waals surface area contributed by atoms with E-state index in [4.69, 9.17) is 0 Å². The van der Waals surface area contributed by atoms with Gasteiger partial charge in [0.2, 0.25) is 0 Å². The molecule has 2 aromatic carbocycles. The van der Waals surface area contributed by atoms with Gasteiger partial charge in [0.05, 0.1) is 35.2 Å². The first-order chi connectivity index (χ1) is 22.7. The van der Waals surface area contributed by atoms with E-state index in [-0.39, 0.29) is 0 Å². The van der Waals surface area contributed by atoms with E-state index in [1.54, 1.807) is 12.4 Å². The van der Waals surface area contributed by atoms with Gasteiger partial charge < -0.3 is 0 Å². The summed E-state index contributed by atoms with van der Waals surface area (Å²) in [6, 6.07) is 25.1. The molecule has 0 fully saturated rings. The topological polar surface area (TPSA) is 87.2 Å². The lowest BCUT2D eigenvalue weighted by atomic mass is 10.1. The zero-order chi connectivity index (χ0) is 31.6. The number of unbranched alkanes of at least 4 members (excludes halogenated alkanes) is 6. The fraction of sp³-hybridized carbons (Fsp3) is 0.316. The number of pyridine rings is 2. The summed E-state index contributed by atoms with van der Waals surface area (Å²) >= 11 is 0. The molecule has 0 aliphatic rings. The second-order valence-electron chi connectivity index (χ2n) is 11.9. The Morgan fingerprint density at radius 3 is 1.33 bits per heavy atom. The highest BCUT2D eigenvalue weighted by atomic mass is 15.4. The zero-order valence-corrected chi connectivity index (χ0v) is 26.9. The van der Waals surface area contributed by atoms with Crippen LogP contribution >= 0.6 is 0 Å². The number of rotatable bonds is 15. The van der Waals surface area contributed by atoms with Crippen LogP contribution in [-0.4, -0.2) is 40.0 Å². The lowest BCUT2D eigenvalue weighted by Crippen LogP contribution is -1.95. The maximum atomic E-state index is 4.61. The average molecular weight is 611 g/mol. The molecular weight excluding hydrogens is 568 g/mol. The minimum absolute atomic E-state index is 0.753. The number of nitrogens with zero attached hydrogens (tertiary/aromatic N) is 8. The molecule has 8 nitrogen and oxygen atoms in total. The Hall–Kier alpha value is -4.98. The van der Waals surface area contributed by atoms with Gasteiger partial charge in [-0.1, -0.05) is 87.1 Å². The maximum Gasteiger partial charge on any atom is 0.113 e. The fourth-order valence-electron chi connectivity index (χ4n) is 5.65. The molecule has 0 aliphatic carbocycles. The first-order valence-electron chi connectivity index (χ1n) is 16.7. The van der Waals surface area contributed by atoms with Gasteiger partial charge in [-0.15, -0.1) is 10.2 Å². The van der Waals surface area contributed by atoms with Gasteiger partial charge in [0.1, 0.15) is 11.4 Å². The highest BCUT2D eigenvalue weighted by Crippen LogP contribution is 2.26. The number of benzene rings is 2. The van der Waals surface area contributed by atoms with Crippen molar-refractivity contribution >= 4 is 0 Å². The summed E-state index contributed by atoms with van der Waals surface area (Å²) in [5.41, 5.74) is 9.61. The Labute approximate surface area is 271 Å². The van der Waals surface area contributed by atoms with Crippen molar-refractivity contribution in [3.05, 3.63) is 109 Å². The van der Waals surface area contributed by atoms with Gasteiger partial charge in [0.15, 0.2) is 0 Å². The first-order valence-corrected chi connectivity index (χ1v) is 16.7. The van der Waals surface area contributed by atoms with Crippen molar-refractivity contribution in [2.24, 2.45) is 0 Å². The van der Waals surface area contributed by atoms with Crippen LogP contribution in [-0.2, 0) is 12.8 Å². The molecule has 0 amide bonds. The van der Waals surface area contributed by atoms with Gasteiger partial charge in [0.25, 0.3) is 0 Å². The standard InChI is InChI=1S/C38H42N8/c1-3-5-7-9-11-29-13-17-33(18-14-29)45-27-37(41-43-45)31-21-23-39-35(25-31)36-26-32(22-24-40-36)38-28-46(44-42-38)34-19-15-30(16-20-34)12-10-8-6-4-2/h13-28H,3-12H2,1-2H3. The summed E-state index contributed by atoms with van der Waals surface area (Å²) in [6.45, 7) is 4.49. The van der Waals surface area contributed by atoms with Gasteiger partial charge in [-0.25, -0.2) is 9.36 Å². The average Bonchev–Trinajstić information content (AvgIpc) is 3.81.